The van der Waals surface area contributed by atoms with Gasteiger partial charge in [-0.15, -0.1) is 0 Å². The number of rotatable bonds is 6. The van der Waals surface area contributed by atoms with Crippen LogP contribution in [0.3, 0.4) is 0 Å². The highest BCUT2D eigenvalue weighted by molar-refractivity contribution is 5.23. The molecular weight excluding hydrogens is 234 g/mol. The lowest BCUT2D eigenvalue weighted by Crippen LogP contribution is -2.45. The lowest BCUT2D eigenvalue weighted by Gasteiger charge is -2.31. The Morgan fingerprint density at radius 3 is 2.47 bits per heavy atom. The largest absolute Gasteiger partial charge is 0.321 e. The van der Waals surface area contributed by atoms with Crippen LogP contribution < -0.4 is 5.73 Å². The minimum Gasteiger partial charge on any atom is -0.321 e. The summed E-state index contributed by atoms with van der Waals surface area (Å²) >= 11 is 0. The molecule has 1 heterocycles. The molecule has 0 radical (unpaired) electrons. The van der Waals surface area contributed by atoms with Crippen LogP contribution in [-0.2, 0) is 5.54 Å². The minimum absolute atomic E-state index is 0.277. The summed E-state index contributed by atoms with van der Waals surface area (Å²) in [5.41, 5.74) is 7.40. The standard InChI is InChI=1S/C16H27N3/c1-16(17,15-8-4-3-5-9-15)14-18(2)12-13-19-10-6-7-11-19/h3-5,8-9H,6-7,10-14,17H2,1-2H3. The predicted octanol–water partition coefficient (Wildman–Crippen LogP) is 1.89. The van der Waals surface area contributed by atoms with Gasteiger partial charge < -0.3 is 15.5 Å². The summed E-state index contributed by atoms with van der Waals surface area (Å²) < 4.78 is 0. The molecule has 1 aliphatic rings. The number of likely N-dealkylation sites (tertiary alicyclic amines) is 1. The van der Waals surface area contributed by atoms with E-state index in [1.54, 1.807) is 0 Å². The Morgan fingerprint density at radius 1 is 1.21 bits per heavy atom. The molecule has 1 aromatic carbocycles. The molecule has 2 N–H and O–H groups in total. The molecule has 0 aliphatic carbocycles. The first kappa shape index (κ1) is 14.5. The average Bonchev–Trinajstić information content (AvgIpc) is 2.90. The molecule has 0 bridgehead atoms. The summed E-state index contributed by atoms with van der Waals surface area (Å²) in [4.78, 5) is 4.90. The topological polar surface area (TPSA) is 32.5 Å². The van der Waals surface area contributed by atoms with Crippen molar-refractivity contribution in [2.75, 3.05) is 39.8 Å². The van der Waals surface area contributed by atoms with Crippen LogP contribution >= 0.6 is 0 Å². The van der Waals surface area contributed by atoms with E-state index in [0.29, 0.717) is 0 Å². The molecule has 1 fully saturated rings. The highest BCUT2D eigenvalue weighted by atomic mass is 15.2. The maximum absolute atomic E-state index is 6.47. The zero-order chi connectivity index (χ0) is 13.7. The molecule has 3 heteroatoms. The van der Waals surface area contributed by atoms with E-state index in [1.807, 2.05) is 6.07 Å². The van der Waals surface area contributed by atoms with Crippen molar-refractivity contribution < 1.29 is 0 Å². The van der Waals surface area contributed by atoms with Crippen LogP contribution in [0.25, 0.3) is 0 Å². The number of hydrogen-bond acceptors (Lipinski definition) is 3. The third-order valence-corrected chi connectivity index (χ3v) is 4.03. The summed E-state index contributed by atoms with van der Waals surface area (Å²) in [6, 6.07) is 10.4. The van der Waals surface area contributed by atoms with Gasteiger partial charge in [-0.05, 0) is 45.5 Å². The fourth-order valence-corrected chi connectivity index (χ4v) is 2.87. The summed E-state index contributed by atoms with van der Waals surface area (Å²) in [5, 5.41) is 0. The van der Waals surface area contributed by atoms with E-state index in [4.69, 9.17) is 5.73 Å². The van der Waals surface area contributed by atoms with E-state index >= 15 is 0 Å². The molecular formula is C16H27N3. The van der Waals surface area contributed by atoms with Gasteiger partial charge in [0.1, 0.15) is 0 Å². The third kappa shape index (κ3) is 4.30. The molecule has 1 atom stereocenters. The fourth-order valence-electron chi connectivity index (χ4n) is 2.87. The second-order valence-corrected chi connectivity index (χ2v) is 6.07. The maximum atomic E-state index is 6.47. The van der Waals surface area contributed by atoms with Gasteiger partial charge in [-0.2, -0.15) is 0 Å². The molecule has 0 aromatic heterocycles. The first-order valence-electron chi connectivity index (χ1n) is 7.33. The molecule has 0 amide bonds. The normalized spacial score (nSPS) is 19.8. The quantitative estimate of drug-likeness (QED) is 0.849. The molecule has 1 aliphatic heterocycles. The van der Waals surface area contributed by atoms with Gasteiger partial charge in [0.15, 0.2) is 0 Å². The molecule has 1 aromatic rings. The van der Waals surface area contributed by atoms with E-state index in [2.05, 4.69) is 48.0 Å². The molecule has 0 spiro atoms. The number of nitrogens with two attached hydrogens (primary N) is 1. The molecule has 0 saturated carbocycles. The van der Waals surface area contributed by atoms with Crippen molar-refractivity contribution in [3.63, 3.8) is 0 Å². The first-order valence-corrected chi connectivity index (χ1v) is 7.33. The number of likely N-dealkylation sites (N-methyl/N-ethyl adjacent to an activating group) is 1. The monoisotopic (exact) mass is 261 g/mol. The van der Waals surface area contributed by atoms with Crippen molar-refractivity contribution in [2.45, 2.75) is 25.3 Å². The lowest BCUT2D eigenvalue weighted by atomic mass is 9.93. The Balaban J connectivity index is 1.81. The SMILES string of the molecule is CN(CCN1CCCC1)CC(C)(N)c1ccccc1. The van der Waals surface area contributed by atoms with Crippen LogP contribution in [0, 0.1) is 0 Å². The first-order chi connectivity index (χ1) is 9.08. The highest BCUT2D eigenvalue weighted by Gasteiger charge is 2.23. The van der Waals surface area contributed by atoms with Gasteiger partial charge in [0.25, 0.3) is 0 Å². The van der Waals surface area contributed by atoms with E-state index in [-0.39, 0.29) is 5.54 Å². The highest BCUT2D eigenvalue weighted by Crippen LogP contribution is 2.18. The smallest absolute Gasteiger partial charge is 0.0509 e. The summed E-state index contributed by atoms with van der Waals surface area (Å²) in [5.74, 6) is 0. The second kappa shape index (κ2) is 6.51. The summed E-state index contributed by atoms with van der Waals surface area (Å²) in [6.45, 7) is 7.82. The van der Waals surface area contributed by atoms with Crippen molar-refractivity contribution >= 4 is 0 Å². The van der Waals surface area contributed by atoms with Crippen molar-refractivity contribution in [3.05, 3.63) is 35.9 Å². The number of benzene rings is 1. The number of nitrogens with zero attached hydrogens (tertiary/aromatic N) is 2. The second-order valence-electron chi connectivity index (χ2n) is 6.07. The Labute approximate surface area is 117 Å². The summed E-state index contributed by atoms with van der Waals surface area (Å²) in [7, 11) is 2.17. The molecule has 1 unspecified atom stereocenters. The van der Waals surface area contributed by atoms with Gasteiger partial charge in [-0.3, -0.25) is 0 Å². The van der Waals surface area contributed by atoms with Gasteiger partial charge in [0.2, 0.25) is 0 Å². The van der Waals surface area contributed by atoms with Gasteiger partial charge in [0.05, 0.1) is 5.54 Å². The van der Waals surface area contributed by atoms with Gasteiger partial charge in [-0.25, -0.2) is 0 Å². The van der Waals surface area contributed by atoms with Crippen molar-refractivity contribution in [1.82, 2.24) is 9.80 Å². The molecule has 2 rings (SSSR count). The van der Waals surface area contributed by atoms with Crippen molar-refractivity contribution in [3.8, 4) is 0 Å². The zero-order valence-corrected chi connectivity index (χ0v) is 12.3. The molecule has 3 nitrogen and oxygen atoms in total. The predicted molar refractivity (Wildman–Crippen MR) is 81.2 cm³/mol. The fraction of sp³-hybridized carbons (Fsp3) is 0.625. The van der Waals surface area contributed by atoms with Crippen molar-refractivity contribution in [1.29, 1.82) is 0 Å². The third-order valence-electron chi connectivity index (χ3n) is 4.03. The van der Waals surface area contributed by atoms with Gasteiger partial charge in [-0.1, -0.05) is 30.3 Å². The van der Waals surface area contributed by atoms with Crippen LogP contribution in [0.1, 0.15) is 25.3 Å². The van der Waals surface area contributed by atoms with E-state index in [9.17, 15) is 0 Å². The lowest BCUT2D eigenvalue weighted by molar-refractivity contribution is 0.221. The van der Waals surface area contributed by atoms with Crippen LogP contribution in [0.15, 0.2) is 30.3 Å². The van der Waals surface area contributed by atoms with Gasteiger partial charge >= 0.3 is 0 Å². The van der Waals surface area contributed by atoms with E-state index in [1.165, 1.54) is 38.0 Å². The van der Waals surface area contributed by atoms with Crippen LogP contribution in [-0.4, -0.2) is 49.6 Å². The molecule has 19 heavy (non-hydrogen) atoms. The van der Waals surface area contributed by atoms with Gasteiger partial charge in [0, 0.05) is 19.6 Å². The Hall–Kier alpha value is -0.900. The maximum Gasteiger partial charge on any atom is 0.0509 e. The molecule has 1 saturated heterocycles. The Kier molecular flexibility index (Phi) is 4.97. The van der Waals surface area contributed by atoms with Crippen molar-refractivity contribution in [2.24, 2.45) is 5.73 Å². The Morgan fingerprint density at radius 2 is 1.84 bits per heavy atom. The van der Waals surface area contributed by atoms with E-state index < -0.39 is 0 Å². The summed E-state index contributed by atoms with van der Waals surface area (Å²) in [6.07, 6.45) is 2.73. The average molecular weight is 261 g/mol. The zero-order valence-electron chi connectivity index (χ0n) is 12.3. The van der Waals surface area contributed by atoms with E-state index in [0.717, 1.165) is 13.1 Å². The number of hydrogen-bond donors (Lipinski definition) is 1. The van der Waals surface area contributed by atoms with Crippen LogP contribution in [0.4, 0.5) is 0 Å². The molecule has 106 valence electrons. The Bertz CT molecular complexity index is 369. The van der Waals surface area contributed by atoms with Crippen LogP contribution in [0.5, 0.6) is 0 Å². The minimum atomic E-state index is -0.277. The van der Waals surface area contributed by atoms with Crippen LogP contribution in [0.2, 0.25) is 0 Å².